The van der Waals surface area contributed by atoms with E-state index in [9.17, 15) is 14.4 Å². The lowest BCUT2D eigenvalue weighted by Crippen LogP contribution is -2.58. The lowest BCUT2D eigenvalue weighted by molar-refractivity contribution is -0.137. The van der Waals surface area contributed by atoms with Gasteiger partial charge in [0.15, 0.2) is 0 Å². The largest absolute Gasteiger partial charge is 0.354 e. The summed E-state index contributed by atoms with van der Waals surface area (Å²) < 4.78 is 1.44. The second kappa shape index (κ2) is 11.4. The molecule has 200 valence electrons. The SMILES string of the molecule is CC(C)(N)C(=O)N1CCN(C(=O)Nc2ccn(-c3ccc(CCNC4CC[C@H](N)C4)cc3)c(=O)n2)CC1. The molecule has 1 aliphatic carbocycles. The fourth-order valence-corrected chi connectivity index (χ4v) is 4.82. The van der Waals surface area contributed by atoms with E-state index in [0.29, 0.717) is 44.0 Å². The number of amides is 3. The molecule has 11 heteroatoms. The van der Waals surface area contributed by atoms with Crippen LogP contribution in [0.3, 0.4) is 0 Å². The number of hydrogen-bond acceptors (Lipinski definition) is 7. The number of nitrogens with zero attached hydrogens (tertiary/aromatic N) is 4. The van der Waals surface area contributed by atoms with E-state index in [-0.39, 0.29) is 17.8 Å². The van der Waals surface area contributed by atoms with Crippen molar-refractivity contribution in [3.05, 3.63) is 52.6 Å². The van der Waals surface area contributed by atoms with Crippen molar-refractivity contribution < 1.29 is 9.59 Å². The molecule has 2 heterocycles. The number of benzene rings is 1. The second-order valence-corrected chi connectivity index (χ2v) is 10.5. The maximum absolute atomic E-state index is 12.7. The minimum atomic E-state index is -0.945. The molecule has 1 aromatic heterocycles. The smallest absolute Gasteiger partial charge is 0.338 e. The Balaban J connectivity index is 1.28. The highest BCUT2D eigenvalue weighted by atomic mass is 16.2. The number of rotatable bonds is 7. The van der Waals surface area contributed by atoms with Crippen LogP contribution in [0.5, 0.6) is 0 Å². The molecule has 2 aliphatic rings. The predicted molar refractivity (Wildman–Crippen MR) is 143 cm³/mol. The Kier molecular flexibility index (Phi) is 8.25. The van der Waals surface area contributed by atoms with Gasteiger partial charge >= 0.3 is 11.7 Å². The summed E-state index contributed by atoms with van der Waals surface area (Å²) in [7, 11) is 0. The molecule has 0 spiro atoms. The minimum absolute atomic E-state index is 0.142. The molecule has 6 N–H and O–H groups in total. The van der Waals surface area contributed by atoms with E-state index in [2.05, 4.69) is 15.6 Å². The molecule has 4 rings (SSSR count). The van der Waals surface area contributed by atoms with Crippen LogP contribution >= 0.6 is 0 Å². The summed E-state index contributed by atoms with van der Waals surface area (Å²) in [6.45, 7) is 5.79. The van der Waals surface area contributed by atoms with Gasteiger partial charge in [0.25, 0.3) is 0 Å². The van der Waals surface area contributed by atoms with Crippen LogP contribution < -0.4 is 27.8 Å². The van der Waals surface area contributed by atoms with Crippen LogP contribution in [0, 0.1) is 0 Å². The van der Waals surface area contributed by atoms with Crippen molar-refractivity contribution in [3.8, 4) is 5.69 Å². The van der Waals surface area contributed by atoms with Crippen molar-refractivity contribution in [1.29, 1.82) is 0 Å². The minimum Gasteiger partial charge on any atom is -0.338 e. The number of nitrogens with two attached hydrogens (primary N) is 2. The molecule has 1 saturated heterocycles. The van der Waals surface area contributed by atoms with Gasteiger partial charge < -0.3 is 26.6 Å². The number of carbonyl (C=O) groups excluding carboxylic acids is 2. The predicted octanol–water partition coefficient (Wildman–Crippen LogP) is 0.658. The number of aromatic nitrogens is 2. The van der Waals surface area contributed by atoms with Crippen LogP contribution in [0.2, 0.25) is 0 Å². The maximum atomic E-state index is 12.7. The summed E-state index contributed by atoms with van der Waals surface area (Å²) in [5, 5.41) is 6.25. The summed E-state index contributed by atoms with van der Waals surface area (Å²) in [6, 6.07) is 9.87. The Morgan fingerprint density at radius 1 is 1.05 bits per heavy atom. The van der Waals surface area contributed by atoms with E-state index in [1.54, 1.807) is 35.9 Å². The van der Waals surface area contributed by atoms with Gasteiger partial charge in [0.05, 0.1) is 11.2 Å². The summed E-state index contributed by atoms with van der Waals surface area (Å²) in [5.41, 5.74) is 12.3. The summed E-state index contributed by atoms with van der Waals surface area (Å²) >= 11 is 0. The summed E-state index contributed by atoms with van der Waals surface area (Å²) in [4.78, 5) is 44.9. The van der Waals surface area contributed by atoms with Gasteiger partial charge in [0.2, 0.25) is 5.91 Å². The third-order valence-corrected chi connectivity index (χ3v) is 6.98. The van der Waals surface area contributed by atoms with Crippen LogP contribution in [0.15, 0.2) is 41.3 Å². The van der Waals surface area contributed by atoms with E-state index in [0.717, 1.165) is 32.2 Å². The molecule has 3 amide bonds. The normalized spacial score (nSPS) is 20.2. The average Bonchev–Trinajstić information content (AvgIpc) is 3.28. The van der Waals surface area contributed by atoms with E-state index < -0.39 is 11.2 Å². The molecule has 11 nitrogen and oxygen atoms in total. The molecule has 0 radical (unpaired) electrons. The number of carbonyl (C=O) groups is 2. The first-order chi connectivity index (χ1) is 17.6. The first-order valence-corrected chi connectivity index (χ1v) is 12.9. The quantitative estimate of drug-likeness (QED) is 0.427. The van der Waals surface area contributed by atoms with Crippen LogP contribution in [-0.4, -0.2) is 81.6 Å². The number of piperazine rings is 1. The third kappa shape index (κ3) is 6.94. The molecule has 2 atom stereocenters. The highest BCUT2D eigenvalue weighted by Gasteiger charge is 2.31. The van der Waals surface area contributed by atoms with Gasteiger partial charge in [-0.1, -0.05) is 12.1 Å². The van der Waals surface area contributed by atoms with Crippen LogP contribution in [0.4, 0.5) is 10.6 Å². The average molecular weight is 511 g/mol. The van der Waals surface area contributed by atoms with Crippen molar-refractivity contribution in [2.24, 2.45) is 11.5 Å². The highest BCUT2D eigenvalue weighted by molar-refractivity contribution is 5.89. The fraction of sp³-hybridized carbons (Fsp3) is 0.538. The molecule has 1 saturated carbocycles. The zero-order valence-electron chi connectivity index (χ0n) is 21.7. The number of nitrogens with one attached hydrogen (secondary N) is 2. The van der Waals surface area contributed by atoms with Crippen LogP contribution in [0.1, 0.15) is 38.7 Å². The molecular weight excluding hydrogens is 472 g/mol. The Labute approximate surface area is 217 Å². The molecule has 1 aromatic carbocycles. The maximum Gasteiger partial charge on any atom is 0.354 e. The van der Waals surface area contributed by atoms with Crippen LogP contribution in [-0.2, 0) is 11.2 Å². The van der Waals surface area contributed by atoms with E-state index in [1.807, 2.05) is 24.3 Å². The van der Waals surface area contributed by atoms with E-state index in [1.165, 1.54) is 10.1 Å². The highest BCUT2D eigenvalue weighted by Crippen LogP contribution is 2.17. The summed E-state index contributed by atoms with van der Waals surface area (Å²) in [5.74, 6) is 0.0407. The molecule has 1 aliphatic heterocycles. The van der Waals surface area contributed by atoms with Gasteiger partial charge in [-0.05, 0) is 69.8 Å². The van der Waals surface area contributed by atoms with Gasteiger partial charge in [-0.25, -0.2) is 9.59 Å². The molecule has 2 aromatic rings. The van der Waals surface area contributed by atoms with Gasteiger partial charge in [-0.3, -0.25) is 14.7 Å². The first kappa shape index (κ1) is 26.8. The topological polar surface area (TPSA) is 152 Å². The lowest BCUT2D eigenvalue weighted by atomic mass is 10.1. The molecule has 1 unspecified atom stereocenters. The zero-order chi connectivity index (χ0) is 26.6. The Hall–Kier alpha value is -3.28. The number of anilines is 1. The van der Waals surface area contributed by atoms with E-state index in [4.69, 9.17) is 11.5 Å². The molecule has 37 heavy (non-hydrogen) atoms. The monoisotopic (exact) mass is 510 g/mol. The van der Waals surface area contributed by atoms with Gasteiger partial charge in [-0.15, -0.1) is 0 Å². The van der Waals surface area contributed by atoms with Crippen molar-refractivity contribution in [2.75, 3.05) is 38.0 Å². The number of hydrogen-bond donors (Lipinski definition) is 4. The molecule has 2 fully saturated rings. The van der Waals surface area contributed by atoms with Gasteiger partial charge in [0.1, 0.15) is 5.82 Å². The zero-order valence-corrected chi connectivity index (χ0v) is 21.7. The van der Waals surface area contributed by atoms with Crippen molar-refractivity contribution in [1.82, 2.24) is 24.7 Å². The standard InChI is InChI=1S/C26H38N8O3/c1-26(2,28)23(35)32-13-15-33(16-14-32)24(36)30-22-10-12-34(25(37)31-22)21-7-3-18(4-8-21)9-11-29-20-6-5-19(27)17-20/h3-4,7-8,10,12,19-20,29H,5-6,9,11,13-17,27-28H2,1-2H3,(H,30,31,36,37)/t19-,20?/m0/s1. The second-order valence-electron chi connectivity index (χ2n) is 10.5. The van der Waals surface area contributed by atoms with Crippen molar-refractivity contribution >= 4 is 17.8 Å². The van der Waals surface area contributed by atoms with Gasteiger partial charge in [0, 0.05) is 44.5 Å². The number of urea groups is 1. The Morgan fingerprint density at radius 2 is 1.73 bits per heavy atom. The lowest BCUT2D eigenvalue weighted by Gasteiger charge is -2.37. The summed E-state index contributed by atoms with van der Waals surface area (Å²) in [6.07, 6.45) is 5.76. The Morgan fingerprint density at radius 3 is 2.32 bits per heavy atom. The Bertz CT molecular complexity index is 1150. The van der Waals surface area contributed by atoms with Crippen molar-refractivity contribution in [3.63, 3.8) is 0 Å². The fourth-order valence-electron chi connectivity index (χ4n) is 4.82. The van der Waals surface area contributed by atoms with Gasteiger partial charge in [-0.2, -0.15) is 4.98 Å². The molecular formula is C26H38N8O3. The molecule has 0 bridgehead atoms. The van der Waals surface area contributed by atoms with Crippen molar-refractivity contribution in [2.45, 2.75) is 57.2 Å². The van der Waals surface area contributed by atoms with Crippen LogP contribution in [0.25, 0.3) is 5.69 Å². The first-order valence-electron chi connectivity index (χ1n) is 12.9. The van der Waals surface area contributed by atoms with E-state index >= 15 is 0 Å². The third-order valence-electron chi connectivity index (χ3n) is 6.98.